The lowest BCUT2D eigenvalue weighted by molar-refractivity contribution is 0.112. The molecular formula is C37H68N4O. The van der Waals surface area contributed by atoms with Crippen LogP contribution < -0.4 is 11.5 Å². The highest BCUT2D eigenvalue weighted by molar-refractivity contribution is 5.74. The predicted molar refractivity (Wildman–Crippen MR) is 193 cm³/mol. The second-order valence-corrected chi connectivity index (χ2v) is 8.25. The quantitative estimate of drug-likeness (QED) is 0.211. The average molecular weight is 585 g/mol. The minimum Gasteiger partial charge on any atom is -0.399 e. The Morgan fingerprint density at radius 3 is 1.67 bits per heavy atom. The zero-order chi connectivity index (χ0) is 34.4. The summed E-state index contributed by atoms with van der Waals surface area (Å²) in [6.45, 7) is 32.5. The molecular weight excluding hydrogens is 516 g/mol. The Labute approximate surface area is 262 Å². The lowest BCUT2D eigenvalue weighted by atomic mass is 9.97. The van der Waals surface area contributed by atoms with Crippen molar-refractivity contribution < 1.29 is 4.79 Å². The van der Waals surface area contributed by atoms with Crippen molar-refractivity contribution in [3.63, 3.8) is 0 Å². The van der Waals surface area contributed by atoms with Crippen LogP contribution in [0.5, 0.6) is 0 Å². The van der Waals surface area contributed by atoms with E-state index in [0.717, 1.165) is 35.0 Å². The number of hydrogen-bond donors (Lipinski definition) is 2. The summed E-state index contributed by atoms with van der Waals surface area (Å²) in [5.74, 6) is 0. The number of carbonyl (C=O) groups excluding carboxylic acids is 1. The summed E-state index contributed by atoms with van der Waals surface area (Å²) in [4.78, 5) is 12.5. The van der Waals surface area contributed by atoms with Crippen LogP contribution in [0, 0.1) is 18.3 Å². The number of unbranched alkanes of at least 4 members (excludes halogenated alkanes) is 1. The molecule has 0 aromatic heterocycles. The van der Waals surface area contributed by atoms with Crippen molar-refractivity contribution in [1.29, 1.82) is 5.26 Å². The smallest absolute Gasteiger partial charge is 0.150 e. The predicted octanol–water partition coefficient (Wildman–Crippen LogP) is 9.97. The number of aryl methyl sites for hydroxylation is 1. The number of nitriles is 1. The number of benzene rings is 1. The van der Waals surface area contributed by atoms with E-state index in [1.54, 1.807) is 6.08 Å². The number of allylic oxidation sites excluding steroid dienone is 6. The van der Waals surface area contributed by atoms with Gasteiger partial charge >= 0.3 is 0 Å². The van der Waals surface area contributed by atoms with E-state index in [2.05, 4.69) is 44.7 Å². The molecule has 5 nitrogen and oxygen atoms in total. The maximum absolute atomic E-state index is 10.1. The molecule has 4 N–H and O–H groups in total. The van der Waals surface area contributed by atoms with Gasteiger partial charge in [0, 0.05) is 17.7 Å². The largest absolute Gasteiger partial charge is 0.399 e. The molecule has 0 saturated heterocycles. The molecule has 0 unspecified atom stereocenters. The van der Waals surface area contributed by atoms with E-state index in [9.17, 15) is 4.79 Å². The van der Waals surface area contributed by atoms with Gasteiger partial charge in [0.05, 0.1) is 6.07 Å². The van der Waals surface area contributed by atoms with E-state index < -0.39 is 0 Å². The molecule has 0 amide bonds. The van der Waals surface area contributed by atoms with E-state index in [1.807, 2.05) is 111 Å². The van der Waals surface area contributed by atoms with Crippen LogP contribution in [0.25, 0.3) is 0 Å². The lowest BCUT2D eigenvalue weighted by Gasteiger charge is -2.12. The third-order valence-electron chi connectivity index (χ3n) is 4.91. The first-order valence-electron chi connectivity index (χ1n) is 15.4. The highest BCUT2D eigenvalue weighted by Gasteiger charge is 2.05. The summed E-state index contributed by atoms with van der Waals surface area (Å²) in [6.07, 6.45) is 12.6. The number of hydrogen-bond acceptors (Lipinski definition) is 5. The number of rotatable bonds is 10. The van der Waals surface area contributed by atoms with Gasteiger partial charge in [0.2, 0.25) is 0 Å². The molecule has 1 aromatic carbocycles. The normalized spacial score (nSPS) is 9.81. The van der Waals surface area contributed by atoms with Gasteiger partial charge in [-0.25, -0.2) is 0 Å². The van der Waals surface area contributed by atoms with Crippen molar-refractivity contribution in [2.24, 2.45) is 11.5 Å². The molecule has 0 aliphatic rings. The highest BCUT2D eigenvalue weighted by Crippen LogP contribution is 2.21. The first kappa shape index (κ1) is 51.5. The lowest BCUT2D eigenvalue weighted by Crippen LogP contribution is -2.19. The van der Waals surface area contributed by atoms with Crippen LogP contribution in [0.3, 0.4) is 0 Å². The van der Waals surface area contributed by atoms with Crippen LogP contribution in [0.15, 0.2) is 84.1 Å². The van der Waals surface area contributed by atoms with Crippen LogP contribution in [0.1, 0.15) is 111 Å². The Kier molecular flexibility index (Phi) is 55.0. The molecule has 1 aromatic rings. The monoisotopic (exact) mass is 585 g/mol. The van der Waals surface area contributed by atoms with Crippen LogP contribution in [-0.4, -0.2) is 38.4 Å². The summed E-state index contributed by atoms with van der Waals surface area (Å²) in [7, 11) is 3.67. The van der Waals surface area contributed by atoms with E-state index >= 15 is 0 Å². The zero-order valence-electron chi connectivity index (χ0n) is 29.8. The number of nitrogens with two attached hydrogens (primary N) is 2. The maximum Gasteiger partial charge on any atom is 0.150 e. The molecule has 0 heterocycles. The third-order valence-corrected chi connectivity index (χ3v) is 4.91. The fraction of sp³-hybridized carbons (Fsp3) is 0.514. The van der Waals surface area contributed by atoms with Crippen LogP contribution in [0.4, 0.5) is 0 Å². The van der Waals surface area contributed by atoms with E-state index in [4.69, 9.17) is 11.0 Å². The first-order valence-corrected chi connectivity index (χ1v) is 15.4. The van der Waals surface area contributed by atoms with Crippen LogP contribution in [-0.2, 0) is 0 Å². The van der Waals surface area contributed by atoms with Crippen LogP contribution in [0.2, 0.25) is 0 Å². The molecule has 42 heavy (non-hydrogen) atoms. The van der Waals surface area contributed by atoms with Gasteiger partial charge in [-0.2, -0.15) is 5.26 Å². The first-order chi connectivity index (χ1) is 20.1. The summed E-state index contributed by atoms with van der Waals surface area (Å²) in [5, 5.41) is 7.82. The van der Waals surface area contributed by atoms with Crippen LogP contribution >= 0.6 is 0 Å². The fourth-order valence-corrected chi connectivity index (χ4v) is 2.71. The third kappa shape index (κ3) is 36.8. The average Bonchev–Trinajstić information content (AvgIpc) is 3.03. The van der Waals surface area contributed by atoms with Gasteiger partial charge in [0.1, 0.15) is 6.29 Å². The van der Waals surface area contributed by atoms with Gasteiger partial charge in [-0.1, -0.05) is 116 Å². The molecule has 0 radical (unpaired) electrons. The molecule has 0 aliphatic heterocycles. The minimum atomic E-state index is 0.694. The van der Waals surface area contributed by atoms with Crippen molar-refractivity contribution in [3.8, 4) is 6.07 Å². The number of aldehydes is 1. The van der Waals surface area contributed by atoms with Gasteiger partial charge in [0.25, 0.3) is 0 Å². The Morgan fingerprint density at radius 2 is 1.40 bits per heavy atom. The molecule has 5 heteroatoms. The standard InChI is InChI=1S/C13H19N.C8H8O.C7H17N.C4H7N.2C2H6.CH5N/c1-6-9-12(10(4)7-2)11(5)13(14)8-3;1-7-2-4-8(6-9)5-3-7;1-4-6-8(3)7-5-2;1-2-3-4-5;3*1-2/h6-9H,1,5,14H2,2-4H3;2-6H,1H3;4-7H2,1-3H3;2-3H2,1H3;2*1-2H3;2H2,1H3/b10-7-,12-9+,13-8-;;;;;;. The second-order valence-electron chi connectivity index (χ2n) is 8.25. The molecule has 0 bridgehead atoms. The van der Waals surface area contributed by atoms with Crippen molar-refractivity contribution in [3.05, 3.63) is 95.3 Å². The minimum absolute atomic E-state index is 0.694. The van der Waals surface area contributed by atoms with E-state index in [0.29, 0.717) is 12.1 Å². The highest BCUT2D eigenvalue weighted by atomic mass is 16.1. The Balaban J connectivity index is -0.000000101. The maximum atomic E-state index is 10.1. The molecule has 0 saturated carbocycles. The molecule has 0 atom stereocenters. The Morgan fingerprint density at radius 1 is 0.952 bits per heavy atom. The second kappa shape index (κ2) is 44.8. The van der Waals surface area contributed by atoms with Gasteiger partial charge in [-0.3, -0.25) is 4.79 Å². The van der Waals surface area contributed by atoms with Crippen molar-refractivity contribution >= 4 is 6.29 Å². The summed E-state index contributed by atoms with van der Waals surface area (Å²) in [5.41, 5.74) is 16.0. The topological polar surface area (TPSA) is 96.1 Å². The zero-order valence-corrected chi connectivity index (χ0v) is 29.8. The Hall–Kier alpha value is -3.20. The summed E-state index contributed by atoms with van der Waals surface area (Å²) in [6, 6.07) is 9.47. The van der Waals surface area contributed by atoms with Crippen molar-refractivity contribution in [2.45, 2.75) is 102 Å². The van der Waals surface area contributed by atoms with Gasteiger partial charge in [-0.15, -0.1) is 0 Å². The number of nitrogens with zero attached hydrogens (tertiary/aromatic N) is 2. The number of carbonyl (C=O) groups is 1. The summed E-state index contributed by atoms with van der Waals surface area (Å²) >= 11 is 0. The van der Waals surface area contributed by atoms with Gasteiger partial charge in [-0.05, 0) is 90.9 Å². The molecule has 0 fully saturated rings. The fourth-order valence-electron chi connectivity index (χ4n) is 2.71. The van der Waals surface area contributed by atoms with Gasteiger partial charge in [0.15, 0.2) is 0 Å². The summed E-state index contributed by atoms with van der Waals surface area (Å²) < 4.78 is 0. The molecule has 0 spiro atoms. The van der Waals surface area contributed by atoms with E-state index in [-0.39, 0.29) is 0 Å². The Bertz CT molecular complexity index is 851. The SMILES string of the molecule is C=C/C=C(C(=C)/C(N)=C/C)\C(C)=C/C.CC.CC.CCCC#N.CCCN(C)CCC.CN.Cc1ccc(C=O)cc1. The molecule has 0 aliphatic carbocycles. The van der Waals surface area contributed by atoms with Crippen molar-refractivity contribution in [1.82, 2.24) is 4.90 Å². The van der Waals surface area contributed by atoms with Gasteiger partial charge < -0.3 is 16.4 Å². The van der Waals surface area contributed by atoms with Crippen molar-refractivity contribution in [2.75, 3.05) is 27.2 Å². The van der Waals surface area contributed by atoms with E-state index in [1.165, 1.54) is 38.5 Å². The molecule has 242 valence electrons. The molecule has 1 rings (SSSR count).